The minimum atomic E-state index is -1.50. The molecule has 0 bridgehead atoms. The second kappa shape index (κ2) is 12.6. The van der Waals surface area contributed by atoms with Gasteiger partial charge < -0.3 is 26.2 Å². The van der Waals surface area contributed by atoms with E-state index in [0.717, 1.165) is 12.2 Å². The summed E-state index contributed by atoms with van der Waals surface area (Å²) in [4.78, 5) is 8.44. The van der Waals surface area contributed by atoms with Gasteiger partial charge in [0.15, 0.2) is 21.9 Å². The van der Waals surface area contributed by atoms with Gasteiger partial charge in [0.25, 0.3) is 0 Å². The molecule has 1 aromatic heterocycles. The van der Waals surface area contributed by atoms with E-state index < -0.39 is 24.0 Å². The number of rotatable bonds is 5. The SMILES string of the molecule is CC.CC(C)(O)O.CCCSc1nc(Cl)c(N)c(N(N)C2CCC(O)C2O)n1. The van der Waals surface area contributed by atoms with Crippen molar-refractivity contribution in [1.82, 2.24) is 9.97 Å². The van der Waals surface area contributed by atoms with Crippen LogP contribution in [0.2, 0.25) is 5.15 Å². The highest BCUT2D eigenvalue weighted by atomic mass is 35.5. The van der Waals surface area contributed by atoms with Crippen LogP contribution in [0.4, 0.5) is 11.5 Å². The summed E-state index contributed by atoms with van der Waals surface area (Å²) in [6.45, 7) is 8.65. The molecule has 1 aliphatic rings. The lowest BCUT2D eigenvalue weighted by Crippen LogP contribution is -2.48. The molecule has 0 radical (unpaired) electrons. The number of hydrogen-bond acceptors (Lipinski definition) is 10. The van der Waals surface area contributed by atoms with Gasteiger partial charge in [0.1, 0.15) is 11.8 Å². The van der Waals surface area contributed by atoms with Gasteiger partial charge in [0.2, 0.25) is 0 Å². The summed E-state index contributed by atoms with van der Waals surface area (Å²) in [5.74, 6) is 5.68. The van der Waals surface area contributed by atoms with Crippen LogP contribution >= 0.6 is 23.4 Å². The third kappa shape index (κ3) is 9.08. The number of nitrogen functional groups attached to an aromatic ring is 1. The summed E-state index contributed by atoms with van der Waals surface area (Å²) >= 11 is 7.49. The molecule has 164 valence electrons. The van der Waals surface area contributed by atoms with Gasteiger partial charge in [-0.2, -0.15) is 0 Å². The number of anilines is 2. The Balaban J connectivity index is 0.000000906. The van der Waals surface area contributed by atoms with Crippen molar-refractivity contribution in [2.75, 3.05) is 16.5 Å². The molecule has 1 fully saturated rings. The molecule has 8 N–H and O–H groups in total. The van der Waals surface area contributed by atoms with E-state index in [1.165, 1.54) is 30.6 Å². The predicted octanol–water partition coefficient (Wildman–Crippen LogP) is 1.51. The van der Waals surface area contributed by atoms with Crippen molar-refractivity contribution >= 4 is 34.9 Å². The molecule has 11 heteroatoms. The monoisotopic (exact) mass is 439 g/mol. The Labute approximate surface area is 176 Å². The quantitative estimate of drug-likeness (QED) is 0.0989. The van der Waals surface area contributed by atoms with E-state index in [2.05, 4.69) is 16.9 Å². The highest BCUT2D eigenvalue weighted by Crippen LogP contribution is 2.33. The fraction of sp³-hybridized carbons (Fsp3) is 0.765. The van der Waals surface area contributed by atoms with Gasteiger partial charge in [-0.25, -0.2) is 15.8 Å². The number of nitrogens with zero attached hydrogens (tertiary/aromatic N) is 3. The maximum absolute atomic E-state index is 9.97. The average Bonchev–Trinajstić information content (AvgIpc) is 2.94. The minimum Gasteiger partial charge on any atom is -0.393 e. The van der Waals surface area contributed by atoms with E-state index in [9.17, 15) is 10.2 Å². The molecule has 3 atom stereocenters. The van der Waals surface area contributed by atoms with Crippen LogP contribution < -0.4 is 16.6 Å². The number of nitrogens with two attached hydrogens (primary N) is 2. The van der Waals surface area contributed by atoms with Crippen molar-refractivity contribution in [3.63, 3.8) is 0 Å². The molecule has 0 spiro atoms. The molecule has 0 saturated heterocycles. The van der Waals surface area contributed by atoms with Crippen LogP contribution in [0, 0.1) is 0 Å². The van der Waals surface area contributed by atoms with Gasteiger partial charge in [-0.3, -0.25) is 5.01 Å². The Morgan fingerprint density at radius 2 is 1.75 bits per heavy atom. The number of aliphatic hydroxyl groups is 4. The maximum Gasteiger partial charge on any atom is 0.191 e. The molecule has 0 amide bonds. The first-order valence-corrected chi connectivity index (χ1v) is 10.6. The van der Waals surface area contributed by atoms with Crippen LogP contribution in [-0.4, -0.2) is 60.2 Å². The summed E-state index contributed by atoms with van der Waals surface area (Å²) in [5, 5.41) is 37.7. The van der Waals surface area contributed by atoms with Crippen LogP contribution in [0.3, 0.4) is 0 Å². The largest absolute Gasteiger partial charge is 0.393 e. The molecule has 2 rings (SSSR count). The summed E-state index contributed by atoms with van der Waals surface area (Å²) in [5.41, 5.74) is 6.07. The van der Waals surface area contributed by atoms with Crippen LogP contribution in [0.1, 0.15) is 53.9 Å². The van der Waals surface area contributed by atoms with Crippen molar-refractivity contribution in [3.8, 4) is 0 Å². The lowest BCUT2D eigenvalue weighted by Gasteiger charge is -2.29. The molecule has 3 unspecified atom stereocenters. The van der Waals surface area contributed by atoms with E-state index in [-0.39, 0.29) is 16.7 Å². The Bertz CT molecular complexity index is 585. The topological polar surface area (TPSA) is 162 Å². The van der Waals surface area contributed by atoms with Crippen molar-refractivity contribution in [1.29, 1.82) is 0 Å². The second-order valence-electron chi connectivity index (χ2n) is 6.49. The molecule has 1 aromatic rings. The van der Waals surface area contributed by atoms with E-state index in [1.807, 2.05) is 13.8 Å². The van der Waals surface area contributed by atoms with Crippen molar-refractivity contribution in [2.45, 2.75) is 83.1 Å². The minimum absolute atomic E-state index is 0.141. The zero-order chi connectivity index (χ0) is 22.1. The zero-order valence-electron chi connectivity index (χ0n) is 17.1. The molecule has 1 aliphatic carbocycles. The predicted molar refractivity (Wildman–Crippen MR) is 114 cm³/mol. The summed E-state index contributed by atoms with van der Waals surface area (Å²) in [7, 11) is 0. The van der Waals surface area contributed by atoms with Gasteiger partial charge >= 0.3 is 0 Å². The highest BCUT2D eigenvalue weighted by Gasteiger charge is 2.38. The van der Waals surface area contributed by atoms with Crippen LogP contribution in [-0.2, 0) is 0 Å². The van der Waals surface area contributed by atoms with E-state index in [0.29, 0.717) is 18.0 Å². The first kappa shape index (κ1) is 27.1. The van der Waals surface area contributed by atoms with E-state index in [1.54, 1.807) is 0 Å². The molecule has 1 heterocycles. The lowest BCUT2D eigenvalue weighted by molar-refractivity contribution is -0.127. The molecular formula is C17H34ClN5O4S. The molecule has 28 heavy (non-hydrogen) atoms. The number of thioether (sulfide) groups is 1. The molecular weight excluding hydrogens is 406 g/mol. The normalized spacial score (nSPS) is 21.3. The summed E-state index contributed by atoms with van der Waals surface area (Å²) in [6, 6.07) is -0.447. The van der Waals surface area contributed by atoms with Gasteiger partial charge in [-0.1, -0.05) is 44.1 Å². The Morgan fingerprint density at radius 1 is 1.21 bits per heavy atom. The van der Waals surface area contributed by atoms with E-state index in [4.69, 9.17) is 33.4 Å². The summed E-state index contributed by atoms with van der Waals surface area (Å²) < 4.78 is 0. The smallest absolute Gasteiger partial charge is 0.191 e. The second-order valence-corrected chi connectivity index (χ2v) is 7.91. The number of hydrogen-bond donors (Lipinski definition) is 6. The fourth-order valence-electron chi connectivity index (χ4n) is 2.27. The number of aliphatic hydroxyl groups excluding tert-OH is 2. The number of halogens is 1. The van der Waals surface area contributed by atoms with Crippen molar-refractivity contribution in [3.05, 3.63) is 5.15 Å². The van der Waals surface area contributed by atoms with E-state index >= 15 is 0 Å². The first-order chi connectivity index (χ1) is 13.0. The zero-order valence-corrected chi connectivity index (χ0v) is 18.7. The highest BCUT2D eigenvalue weighted by molar-refractivity contribution is 7.99. The van der Waals surface area contributed by atoms with Crippen LogP contribution in [0.25, 0.3) is 0 Å². The van der Waals surface area contributed by atoms with Gasteiger partial charge in [0.05, 0.1) is 12.1 Å². The van der Waals surface area contributed by atoms with Crippen LogP contribution in [0.15, 0.2) is 5.16 Å². The molecule has 0 aromatic carbocycles. The Hall–Kier alpha value is -0.880. The van der Waals surface area contributed by atoms with Crippen molar-refractivity contribution < 1.29 is 20.4 Å². The lowest BCUT2D eigenvalue weighted by atomic mass is 10.2. The molecule has 9 nitrogen and oxygen atoms in total. The first-order valence-electron chi connectivity index (χ1n) is 9.26. The van der Waals surface area contributed by atoms with Gasteiger partial charge in [-0.05, 0) is 33.1 Å². The fourth-order valence-corrected chi connectivity index (χ4v) is 3.18. The van der Waals surface area contributed by atoms with Crippen molar-refractivity contribution in [2.24, 2.45) is 5.84 Å². The third-order valence-corrected chi connectivity index (χ3v) is 4.78. The van der Waals surface area contributed by atoms with Crippen LogP contribution in [0.5, 0.6) is 0 Å². The number of hydrazine groups is 1. The number of aromatic nitrogens is 2. The van der Waals surface area contributed by atoms with Gasteiger partial charge in [0, 0.05) is 5.75 Å². The molecule has 1 saturated carbocycles. The summed E-state index contributed by atoms with van der Waals surface area (Å²) in [6.07, 6.45) is 0.293. The maximum atomic E-state index is 9.97. The standard InChI is InChI=1S/C12H20ClN5O2S.C3H8O2.C2H6/c1-2-5-21-12-16-10(13)8(14)11(17-12)18(15)6-3-4-7(19)9(6)20;1-3(2,4)5;1-2/h6-7,9,19-20H,2-5,14-15H2,1H3;4-5H,1-2H3;1-2H3. The average molecular weight is 440 g/mol. The third-order valence-electron chi connectivity index (χ3n) is 3.44. The molecule has 0 aliphatic heterocycles. The Morgan fingerprint density at radius 3 is 2.18 bits per heavy atom. The Kier molecular flexibility index (Phi) is 12.2. The van der Waals surface area contributed by atoms with Gasteiger partial charge in [-0.15, -0.1) is 0 Å².